The van der Waals surface area contributed by atoms with Crippen molar-refractivity contribution in [1.82, 2.24) is 4.90 Å². The van der Waals surface area contributed by atoms with Crippen molar-refractivity contribution in [2.24, 2.45) is 0 Å². The van der Waals surface area contributed by atoms with Gasteiger partial charge in [0.05, 0.1) is 6.04 Å². The molecule has 0 spiro atoms. The fourth-order valence-corrected chi connectivity index (χ4v) is 3.58. The summed E-state index contributed by atoms with van der Waals surface area (Å²) in [5, 5.41) is 2.80. The SMILES string of the molecule is CC[C@@H]1c2ccccc2CCN1C(=O)c1ccc(C)c(NC(C)=O)c1. The van der Waals surface area contributed by atoms with E-state index >= 15 is 0 Å². The van der Waals surface area contributed by atoms with E-state index < -0.39 is 0 Å². The van der Waals surface area contributed by atoms with E-state index in [1.54, 1.807) is 6.07 Å². The second kappa shape index (κ2) is 7.09. The Balaban J connectivity index is 1.92. The Morgan fingerprint density at radius 1 is 1.20 bits per heavy atom. The zero-order valence-corrected chi connectivity index (χ0v) is 15.0. The number of hydrogen-bond acceptors (Lipinski definition) is 2. The third-order valence-electron chi connectivity index (χ3n) is 4.86. The Morgan fingerprint density at radius 2 is 1.96 bits per heavy atom. The van der Waals surface area contributed by atoms with Gasteiger partial charge in [-0.15, -0.1) is 0 Å². The number of carbonyl (C=O) groups excluding carboxylic acids is 2. The summed E-state index contributed by atoms with van der Waals surface area (Å²) in [6, 6.07) is 14.0. The lowest BCUT2D eigenvalue weighted by atomic mass is 9.90. The summed E-state index contributed by atoms with van der Waals surface area (Å²) in [7, 11) is 0. The minimum atomic E-state index is -0.133. The molecule has 0 unspecified atom stereocenters. The lowest BCUT2D eigenvalue weighted by Gasteiger charge is -2.37. The van der Waals surface area contributed by atoms with Gasteiger partial charge in [-0.05, 0) is 48.6 Å². The Morgan fingerprint density at radius 3 is 2.68 bits per heavy atom. The van der Waals surface area contributed by atoms with Crippen LogP contribution in [0.15, 0.2) is 42.5 Å². The van der Waals surface area contributed by atoms with Crippen LogP contribution >= 0.6 is 0 Å². The quantitative estimate of drug-likeness (QED) is 0.917. The molecule has 0 aromatic heterocycles. The van der Waals surface area contributed by atoms with Crippen molar-refractivity contribution in [2.75, 3.05) is 11.9 Å². The zero-order chi connectivity index (χ0) is 18.0. The highest BCUT2D eigenvalue weighted by atomic mass is 16.2. The van der Waals surface area contributed by atoms with Crippen molar-refractivity contribution >= 4 is 17.5 Å². The number of benzene rings is 2. The van der Waals surface area contributed by atoms with E-state index in [9.17, 15) is 9.59 Å². The summed E-state index contributed by atoms with van der Waals surface area (Å²) in [6.45, 7) is 6.23. The van der Waals surface area contributed by atoms with Gasteiger partial charge in [0.15, 0.2) is 0 Å². The first-order chi connectivity index (χ1) is 12.0. The van der Waals surface area contributed by atoms with Crippen LogP contribution in [-0.4, -0.2) is 23.3 Å². The predicted octanol–water partition coefficient (Wildman–Crippen LogP) is 4.10. The van der Waals surface area contributed by atoms with Gasteiger partial charge < -0.3 is 10.2 Å². The fourth-order valence-electron chi connectivity index (χ4n) is 3.58. The molecule has 2 amide bonds. The van der Waals surface area contributed by atoms with Crippen LogP contribution in [-0.2, 0) is 11.2 Å². The van der Waals surface area contributed by atoms with E-state index in [1.165, 1.54) is 18.1 Å². The monoisotopic (exact) mass is 336 g/mol. The molecule has 1 aliphatic heterocycles. The molecule has 0 fully saturated rings. The van der Waals surface area contributed by atoms with E-state index in [2.05, 4.69) is 30.4 Å². The lowest BCUT2D eigenvalue weighted by Crippen LogP contribution is -2.39. The Labute approximate surface area is 148 Å². The molecule has 1 atom stereocenters. The van der Waals surface area contributed by atoms with Crippen LogP contribution in [0, 0.1) is 6.92 Å². The number of anilines is 1. The lowest BCUT2D eigenvalue weighted by molar-refractivity contribution is -0.114. The van der Waals surface area contributed by atoms with Crippen molar-refractivity contribution in [3.63, 3.8) is 0 Å². The van der Waals surface area contributed by atoms with Crippen molar-refractivity contribution in [3.05, 3.63) is 64.7 Å². The molecule has 0 saturated carbocycles. The van der Waals surface area contributed by atoms with Crippen LogP contribution in [0.3, 0.4) is 0 Å². The van der Waals surface area contributed by atoms with Crippen LogP contribution in [0.25, 0.3) is 0 Å². The first-order valence-electron chi connectivity index (χ1n) is 8.78. The maximum absolute atomic E-state index is 13.1. The molecular weight excluding hydrogens is 312 g/mol. The van der Waals surface area contributed by atoms with Crippen LogP contribution in [0.5, 0.6) is 0 Å². The average Bonchev–Trinajstić information content (AvgIpc) is 2.61. The normalized spacial score (nSPS) is 16.3. The van der Waals surface area contributed by atoms with Gasteiger partial charge in [0, 0.05) is 24.7 Å². The summed E-state index contributed by atoms with van der Waals surface area (Å²) in [6.07, 6.45) is 1.76. The maximum Gasteiger partial charge on any atom is 0.254 e. The molecule has 4 nitrogen and oxygen atoms in total. The van der Waals surface area contributed by atoms with Crippen LogP contribution in [0.1, 0.15) is 53.4 Å². The molecule has 0 saturated heterocycles. The van der Waals surface area contributed by atoms with Gasteiger partial charge in [-0.2, -0.15) is 0 Å². The molecule has 1 N–H and O–H groups in total. The van der Waals surface area contributed by atoms with Gasteiger partial charge in [-0.1, -0.05) is 37.3 Å². The second-order valence-corrected chi connectivity index (χ2v) is 6.58. The van der Waals surface area contributed by atoms with E-state index in [0.29, 0.717) is 11.3 Å². The minimum absolute atomic E-state index is 0.0213. The van der Waals surface area contributed by atoms with E-state index in [4.69, 9.17) is 0 Å². The summed E-state index contributed by atoms with van der Waals surface area (Å²) in [4.78, 5) is 26.5. The van der Waals surface area contributed by atoms with E-state index in [0.717, 1.165) is 24.9 Å². The summed E-state index contributed by atoms with van der Waals surface area (Å²) in [5.41, 5.74) is 4.85. The Kier molecular flexibility index (Phi) is 4.88. The van der Waals surface area contributed by atoms with Gasteiger partial charge >= 0.3 is 0 Å². The highest BCUT2D eigenvalue weighted by Crippen LogP contribution is 2.33. The molecule has 25 heavy (non-hydrogen) atoms. The largest absolute Gasteiger partial charge is 0.331 e. The topological polar surface area (TPSA) is 49.4 Å². The molecule has 2 aromatic rings. The molecule has 0 radical (unpaired) electrons. The minimum Gasteiger partial charge on any atom is -0.331 e. The molecule has 0 bridgehead atoms. The predicted molar refractivity (Wildman–Crippen MR) is 99.7 cm³/mol. The van der Waals surface area contributed by atoms with Crippen LogP contribution < -0.4 is 5.32 Å². The van der Waals surface area contributed by atoms with Crippen molar-refractivity contribution < 1.29 is 9.59 Å². The molecule has 1 aliphatic rings. The second-order valence-electron chi connectivity index (χ2n) is 6.58. The van der Waals surface area contributed by atoms with Gasteiger partial charge in [0.2, 0.25) is 5.91 Å². The highest BCUT2D eigenvalue weighted by molar-refractivity contribution is 5.97. The smallest absolute Gasteiger partial charge is 0.254 e. The number of nitrogens with zero attached hydrogens (tertiary/aromatic N) is 1. The van der Waals surface area contributed by atoms with Crippen LogP contribution in [0.2, 0.25) is 0 Å². The number of carbonyl (C=O) groups is 2. The third-order valence-corrected chi connectivity index (χ3v) is 4.86. The first kappa shape index (κ1) is 17.2. The van der Waals surface area contributed by atoms with E-state index in [-0.39, 0.29) is 17.9 Å². The zero-order valence-electron chi connectivity index (χ0n) is 15.0. The summed E-state index contributed by atoms with van der Waals surface area (Å²) in [5.74, 6) is -0.112. The number of aryl methyl sites for hydroxylation is 1. The molecule has 2 aromatic carbocycles. The van der Waals surface area contributed by atoms with Gasteiger partial charge in [0.1, 0.15) is 0 Å². The third kappa shape index (κ3) is 3.43. The first-order valence-corrected chi connectivity index (χ1v) is 8.78. The Hall–Kier alpha value is -2.62. The number of rotatable bonds is 3. The summed E-state index contributed by atoms with van der Waals surface area (Å²) >= 11 is 0. The average molecular weight is 336 g/mol. The van der Waals surface area contributed by atoms with Gasteiger partial charge in [-0.3, -0.25) is 9.59 Å². The standard InChI is InChI=1S/C21H24N2O2/c1-4-20-18-8-6-5-7-16(18)11-12-23(20)21(25)17-10-9-14(2)19(13-17)22-15(3)24/h5-10,13,20H,4,11-12H2,1-3H3,(H,22,24)/t20-/m1/s1. The molecule has 4 heteroatoms. The fraction of sp³-hybridized carbons (Fsp3) is 0.333. The number of hydrogen-bond donors (Lipinski definition) is 1. The van der Waals surface area contributed by atoms with Crippen molar-refractivity contribution in [1.29, 1.82) is 0 Å². The number of amides is 2. The maximum atomic E-state index is 13.1. The van der Waals surface area contributed by atoms with Crippen molar-refractivity contribution in [2.45, 2.75) is 39.7 Å². The van der Waals surface area contributed by atoms with E-state index in [1.807, 2.05) is 30.0 Å². The van der Waals surface area contributed by atoms with Crippen molar-refractivity contribution in [3.8, 4) is 0 Å². The number of fused-ring (bicyclic) bond motifs is 1. The number of nitrogens with one attached hydrogen (secondary N) is 1. The molecule has 130 valence electrons. The van der Waals surface area contributed by atoms with Crippen LogP contribution in [0.4, 0.5) is 5.69 Å². The van der Waals surface area contributed by atoms with Gasteiger partial charge in [-0.25, -0.2) is 0 Å². The summed E-state index contributed by atoms with van der Waals surface area (Å²) < 4.78 is 0. The molecule has 1 heterocycles. The molecule has 0 aliphatic carbocycles. The molecular formula is C21H24N2O2. The molecule has 3 rings (SSSR count). The highest BCUT2D eigenvalue weighted by Gasteiger charge is 2.30. The van der Waals surface area contributed by atoms with Gasteiger partial charge in [0.25, 0.3) is 5.91 Å². The Bertz CT molecular complexity index is 813.